The van der Waals surface area contributed by atoms with Gasteiger partial charge in [-0.2, -0.15) is 0 Å². The summed E-state index contributed by atoms with van der Waals surface area (Å²) >= 11 is 0. The Hall–Kier alpha value is -0.0800. The van der Waals surface area contributed by atoms with Crippen LogP contribution >= 0.6 is 0 Å². The molecular formula is C13H27NO. The lowest BCUT2D eigenvalue weighted by molar-refractivity contribution is 0.0767. The highest BCUT2D eigenvalue weighted by Crippen LogP contribution is 2.27. The highest BCUT2D eigenvalue weighted by Gasteiger charge is 2.22. The third kappa shape index (κ3) is 5.53. The molecule has 1 aliphatic rings. The van der Waals surface area contributed by atoms with Gasteiger partial charge in [-0.15, -0.1) is 0 Å². The second-order valence-electron chi connectivity index (χ2n) is 5.01. The van der Waals surface area contributed by atoms with Crippen LogP contribution in [0, 0.1) is 5.92 Å². The van der Waals surface area contributed by atoms with Crippen molar-refractivity contribution in [2.24, 2.45) is 5.92 Å². The molecule has 0 heterocycles. The van der Waals surface area contributed by atoms with E-state index < -0.39 is 0 Å². The molecule has 0 radical (unpaired) electrons. The lowest BCUT2D eigenvalue weighted by atomic mass is 10.1. The zero-order valence-corrected chi connectivity index (χ0v) is 10.6. The Morgan fingerprint density at radius 3 is 2.73 bits per heavy atom. The molecule has 1 saturated carbocycles. The SMILES string of the molecule is CCC1CCC(NCCCOC(C)C)C1. The Morgan fingerprint density at radius 1 is 1.33 bits per heavy atom. The van der Waals surface area contributed by atoms with Crippen LogP contribution in [0.2, 0.25) is 0 Å². The van der Waals surface area contributed by atoms with Crippen molar-refractivity contribution in [2.45, 2.75) is 65.0 Å². The molecule has 2 unspecified atom stereocenters. The van der Waals surface area contributed by atoms with Gasteiger partial charge in [-0.25, -0.2) is 0 Å². The number of ether oxygens (including phenoxy) is 1. The van der Waals surface area contributed by atoms with Crippen LogP contribution in [-0.2, 0) is 4.74 Å². The smallest absolute Gasteiger partial charge is 0.0518 e. The Labute approximate surface area is 94.8 Å². The average Bonchev–Trinajstić information content (AvgIpc) is 2.65. The fourth-order valence-electron chi connectivity index (χ4n) is 2.33. The summed E-state index contributed by atoms with van der Waals surface area (Å²) in [6.45, 7) is 8.51. The topological polar surface area (TPSA) is 21.3 Å². The first-order valence-corrected chi connectivity index (χ1v) is 6.57. The fourth-order valence-corrected chi connectivity index (χ4v) is 2.33. The summed E-state index contributed by atoms with van der Waals surface area (Å²) in [5, 5.41) is 3.64. The van der Waals surface area contributed by atoms with E-state index in [1.54, 1.807) is 0 Å². The molecule has 0 saturated heterocycles. The van der Waals surface area contributed by atoms with Gasteiger partial charge in [-0.05, 0) is 52.0 Å². The number of hydrogen-bond acceptors (Lipinski definition) is 2. The highest BCUT2D eigenvalue weighted by molar-refractivity contribution is 4.79. The molecule has 1 rings (SSSR count). The molecule has 2 nitrogen and oxygen atoms in total. The van der Waals surface area contributed by atoms with Crippen molar-refractivity contribution in [3.63, 3.8) is 0 Å². The molecule has 0 aromatic heterocycles. The summed E-state index contributed by atoms with van der Waals surface area (Å²) in [7, 11) is 0. The Kier molecular flexibility index (Phi) is 6.26. The Balaban J connectivity index is 1.92. The van der Waals surface area contributed by atoms with Crippen molar-refractivity contribution < 1.29 is 4.74 Å². The second-order valence-corrected chi connectivity index (χ2v) is 5.01. The minimum absolute atomic E-state index is 0.376. The van der Waals surface area contributed by atoms with Crippen molar-refractivity contribution in [3.8, 4) is 0 Å². The molecule has 90 valence electrons. The van der Waals surface area contributed by atoms with E-state index in [0.29, 0.717) is 6.10 Å². The summed E-state index contributed by atoms with van der Waals surface area (Å²) in [5.74, 6) is 0.981. The van der Waals surface area contributed by atoms with E-state index in [9.17, 15) is 0 Å². The van der Waals surface area contributed by atoms with Crippen LogP contribution in [0.25, 0.3) is 0 Å². The van der Waals surface area contributed by atoms with Crippen LogP contribution in [-0.4, -0.2) is 25.3 Å². The molecule has 0 aromatic rings. The predicted molar refractivity (Wildman–Crippen MR) is 65.1 cm³/mol. The van der Waals surface area contributed by atoms with Gasteiger partial charge < -0.3 is 10.1 Å². The summed E-state index contributed by atoms with van der Waals surface area (Å²) < 4.78 is 5.51. The molecular weight excluding hydrogens is 186 g/mol. The molecule has 1 fully saturated rings. The highest BCUT2D eigenvalue weighted by atomic mass is 16.5. The van der Waals surface area contributed by atoms with Gasteiger partial charge >= 0.3 is 0 Å². The Bertz CT molecular complexity index is 159. The Morgan fingerprint density at radius 2 is 2.13 bits per heavy atom. The number of nitrogens with one attached hydrogen (secondary N) is 1. The molecule has 1 N–H and O–H groups in total. The normalized spacial score (nSPS) is 26.4. The maximum absolute atomic E-state index is 5.51. The van der Waals surface area contributed by atoms with E-state index in [1.807, 2.05) is 0 Å². The van der Waals surface area contributed by atoms with Crippen LogP contribution < -0.4 is 5.32 Å². The fraction of sp³-hybridized carbons (Fsp3) is 1.00. The van der Waals surface area contributed by atoms with Gasteiger partial charge in [0.25, 0.3) is 0 Å². The molecule has 0 spiro atoms. The predicted octanol–water partition coefficient (Wildman–Crippen LogP) is 2.97. The zero-order valence-electron chi connectivity index (χ0n) is 10.6. The summed E-state index contributed by atoms with van der Waals surface area (Å²) in [4.78, 5) is 0. The van der Waals surface area contributed by atoms with Gasteiger partial charge in [0, 0.05) is 12.6 Å². The van der Waals surface area contributed by atoms with Crippen molar-refractivity contribution >= 4 is 0 Å². The number of rotatable bonds is 7. The van der Waals surface area contributed by atoms with E-state index in [0.717, 1.165) is 31.5 Å². The maximum atomic E-state index is 5.51. The lowest BCUT2D eigenvalue weighted by Gasteiger charge is -2.13. The summed E-state index contributed by atoms with van der Waals surface area (Å²) in [6, 6.07) is 0.786. The first kappa shape index (κ1) is 13.0. The van der Waals surface area contributed by atoms with Gasteiger partial charge in [0.1, 0.15) is 0 Å². The minimum Gasteiger partial charge on any atom is -0.379 e. The van der Waals surface area contributed by atoms with E-state index >= 15 is 0 Å². The van der Waals surface area contributed by atoms with E-state index in [1.165, 1.54) is 25.7 Å². The minimum atomic E-state index is 0.376. The zero-order chi connectivity index (χ0) is 11.1. The van der Waals surface area contributed by atoms with Gasteiger partial charge in [0.15, 0.2) is 0 Å². The molecule has 1 aliphatic carbocycles. The monoisotopic (exact) mass is 213 g/mol. The van der Waals surface area contributed by atoms with Crippen LogP contribution in [0.4, 0.5) is 0 Å². The molecule has 0 bridgehead atoms. The largest absolute Gasteiger partial charge is 0.379 e. The third-order valence-electron chi connectivity index (χ3n) is 3.32. The molecule has 2 heteroatoms. The van der Waals surface area contributed by atoms with E-state index in [2.05, 4.69) is 26.1 Å². The van der Waals surface area contributed by atoms with E-state index in [-0.39, 0.29) is 0 Å². The van der Waals surface area contributed by atoms with Crippen LogP contribution in [0.15, 0.2) is 0 Å². The number of hydrogen-bond donors (Lipinski definition) is 1. The first-order valence-electron chi connectivity index (χ1n) is 6.57. The lowest BCUT2D eigenvalue weighted by Crippen LogP contribution is -2.28. The molecule has 15 heavy (non-hydrogen) atoms. The summed E-state index contributed by atoms with van der Waals surface area (Å²) in [5.41, 5.74) is 0. The first-order chi connectivity index (χ1) is 7.22. The van der Waals surface area contributed by atoms with Gasteiger partial charge in [-0.1, -0.05) is 13.3 Å². The third-order valence-corrected chi connectivity index (χ3v) is 3.32. The van der Waals surface area contributed by atoms with Crippen LogP contribution in [0.3, 0.4) is 0 Å². The maximum Gasteiger partial charge on any atom is 0.0518 e. The quantitative estimate of drug-likeness (QED) is 0.656. The van der Waals surface area contributed by atoms with Crippen molar-refractivity contribution in [3.05, 3.63) is 0 Å². The molecule has 0 aromatic carbocycles. The van der Waals surface area contributed by atoms with Crippen molar-refractivity contribution in [1.82, 2.24) is 5.32 Å². The van der Waals surface area contributed by atoms with Gasteiger partial charge in [0.05, 0.1) is 6.10 Å². The standard InChI is InChI=1S/C13H27NO/c1-4-12-6-7-13(10-12)14-8-5-9-15-11(2)3/h11-14H,4-10H2,1-3H3. The molecule has 2 atom stereocenters. The molecule has 0 aliphatic heterocycles. The molecule has 0 amide bonds. The van der Waals surface area contributed by atoms with E-state index in [4.69, 9.17) is 4.74 Å². The van der Waals surface area contributed by atoms with Crippen molar-refractivity contribution in [1.29, 1.82) is 0 Å². The second kappa shape index (κ2) is 7.24. The van der Waals surface area contributed by atoms with Crippen LogP contribution in [0.5, 0.6) is 0 Å². The average molecular weight is 213 g/mol. The van der Waals surface area contributed by atoms with Crippen molar-refractivity contribution in [2.75, 3.05) is 13.2 Å². The summed E-state index contributed by atoms with van der Waals surface area (Å²) in [6.07, 6.45) is 7.07. The van der Waals surface area contributed by atoms with Gasteiger partial charge in [0.2, 0.25) is 0 Å². The van der Waals surface area contributed by atoms with Gasteiger partial charge in [-0.3, -0.25) is 0 Å². The van der Waals surface area contributed by atoms with Crippen LogP contribution in [0.1, 0.15) is 52.9 Å².